The zero-order valence-corrected chi connectivity index (χ0v) is 9.30. The predicted molar refractivity (Wildman–Crippen MR) is 57.6 cm³/mol. The van der Waals surface area contributed by atoms with Crippen LogP contribution in [0.5, 0.6) is 5.75 Å². The molecular formula is C11H15NO4. The van der Waals surface area contributed by atoms with Gasteiger partial charge < -0.3 is 14.9 Å². The van der Waals surface area contributed by atoms with Crippen LogP contribution >= 0.6 is 0 Å². The first-order valence-electron chi connectivity index (χ1n) is 4.99. The van der Waals surface area contributed by atoms with Crippen LogP contribution < -0.4 is 4.74 Å². The molecule has 1 unspecified atom stereocenters. The first kappa shape index (κ1) is 12.4. The zero-order valence-electron chi connectivity index (χ0n) is 9.30. The molecule has 88 valence electrons. The molecule has 1 aromatic rings. The van der Waals surface area contributed by atoms with E-state index in [9.17, 15) is 9.90 Å². The molecule has 0 saturated heterocycles. The van der Waals surface area contributed by atoms with Crippen molar-refractivity contribution in [2.75, 3.05) is 6.61 Å². The molecule has 0 aliphatic rings. The molecule has 1 atom stereocenters. The number of carbonyl (C=O) groups is 1. The van der Waals surface area contributed by atoms with E-state index in [1.54, 1.807) is 6.92 Å². The average molecular weight is 225 g/mol. The predicted octanol–water partition coefficient (Wildman–Crippen LogP) is 1.32. The van der Waals surface area contributed by atoms with Crippen molar-refractivity contribution in [3.8, 4) is 5.75 Å². The summed E-state index contributed by atoms with van der Waals surface area (Å²) in [7, 11) is 0. The van der Waals surface area contributed by atoms with Crippen molar-refractivity contribution in [1.29, 1.82) is 0 Å². The lowest BCUT2D eigenvalue weighted by Crippen LogP contribution is -2.31. The van der Waals surface area contributed by atoms with Crippen molar-refractivity contribution in [2.45, 2.75) is 25.9 Å². The maximum Gasteiger partial charge on any atom is 0.339 e. The summed E-state index contributed by atoms with van der Waals surface area (Å²) in [4.78, 5) is 14.6. The molecule has 0 spiro atoms. The Balaban J connectivity index is 2.78. The maximum absolute atomic E-state index is 10.8. The Labute approximate surface area is 93.7 Å². The van der Waals surface area contributed by atoms with E-state index in [1.807, 2.05) is 6.92 Å². The van der Waals surface area contributed by atoms with Gasteiger partial charge in [0, 0.05) is 6.20 Å². The van der Waals surface area contributed by atoms with Gasteiger partial charge in [0.25, 0.3) is 0 Å². The Kier molecular flexibility index (Phi) is 3.84. The van der Waals surface area contributed by atoms with Crippen LogP contribution in [0, 0.1) is 0 Å². The summed E-state index contributed by atoms with van der Waals surface area (Å²) >= 11 is 0. The molecule has 0 aliphatic heterocycles. The molecule has 2 N–H and O–H groups in total. The quantitative estimate of drug-likeness (QED) is 0.790. The van der Waals surface area contributed by atoms with E-state index in [4.69, 9.17) is 9.84 Å². The number of ether oxygens (including phenoxy) is 1. The molecule has 0 radical (unpaired) electrons. The maximum atomic E-state index is 10.8. The van der Waals surface area contributed by atoms with Gasteiger partial charge in [-0.2, -0.15) is 0 Å². The van der Waals surface area contributed by atoms with Gasteiger partial charge in [-0.1, -0.05) is 6.92 Å². The third-order valence-corrected chi connectivity index (χ3v) is 2.32. The molecule has 0 aliphatic carbocycles. The van der Waals surface area contributed by atoms with Gasteiger partial charge in [-0.3, -0.25) is 4.98 Å². The number of carboxylic acids is 1. The van der Waals surface area contributed by atoms with E-state index in [0.29, 0.717) is 6.42 Å². The van der Waals surface area contributed by atoms with Gasteiger partial charge >= 0.3 is 5.97 Å². The minimum absolute atomic E-state index is 0.0372. The molecule has 16 heavy (non-hydrogen) atoms. The largest absolute Gasteiger partial charge is 0.488 e. The van der Waals surface area contributed by atoms with Crippen LogP contribution in [0.4, 0.5) is 0 Å². The lowest BCUT2D eigenvalue weighted by molar-refractivity contribution is 0.00777. The fourth-order valence-corrected chi connectivity index (χ4v) is 1.01. The molecule has 0 amide bonds. The zero-order chi connectivity index (χ0) is 12.2. The van der Waals surface area contributed by atoms with Crippen LogP contribution in [0.2, 0.25) is 0 Å². The Hall–Kier alpha value is -1.62. The summed E-state index contributed by atoms with van der Waals surface area (Å²) in [5.41, 5.74) is -0.923. The van der Waals surface area contributed by atoms with E-state index < -0.39 is 11.6 Å². The molecule has 5 heteroatoms. The summed E-state index contributed by atoms with van der Waals surface area (Å²) in [6.45, 7) is 3.49. The summed E-state index contributed by atoms with van der Waals surface area (Å²) < 4.78 is 5.26. The number of nitrogens with zero attached hydrogens (tertiary/aromatic N) is 1. The van der Waals surface area contributed by atoms with Gasteiger partial charge in [-0.05, 0) is 19.4 Å². The number of hydrogen-bond donors (Lipinski definition) is 2. The number of aliphatic hydroxyl groups is 1. The Morgan fingerprint density at radius 3 is 2.88 bits per heavy atom. The van der Waals surface area contributed by atoms with Gasteiger partial charge in [0.05, 0.1) is 11.8 Å². The Morgan fingerprint density at radius 2 is 2.31 bits per heavy atom. The van der Waals surface area contributed by atoms with Crippen molar-refractivity contribution in [3.63, 3.8) is 0 Å². The topological polar surface area (TPSA) is 79.7 Å². The number of aromatic carboxylic acids is 1. The summed E-state index contributed by atoms with van der Waals surface area (Å²) in [6.07, 6.45) is 3.24. The van der Waals surface area contributed by atoms with Crippen molar-refractivity contribution in [1.82, 2.24) is 4.98 Å². The highest BCUT2D eigenvalue weighted by Crippen LogP contribution is 2.18. The van der Waals surface area contributed by atoms with Gasteiger partial charge in [0.1, 0.15) is 12.2 Å². The highest BCUT2D eigenvalue weighted by molar-refractivity contribution is 5.90. The van der Waals surface area contributed by atoms with Crippen LogP contribution in [-0.2, 0) is 0 Å². The number of carboxylic acid groups (broad SMARTS) is 1. The molecule has 0 saturated carbocycles. The normalized spacial score (nSPS) is 14.2. The third kappa shape index (κ3) is 3.20. The highest BCUT2D eigenvalue weighted by Gasteiger charge is 2.20. The van der Waals surface area contributed by atoms with Gasteiger partial charge in [0.2, 0.25) is 0 Å². The third-order valence-electron chi connectivity index (χ3n) is 2.32. The lowest BCUT2D eigenvalue weighted by atomic mass is 10.1. The lowest BCUT2D eigenvalue weighted by Gasteiger charge is -2.21. The SMILES string of the molecule is CCC(C)(O)COc1cnccc1C(=O)O. The number of hydrogen-bond acceptors (Lipinski definition) is 4. The summed E-state index contributed by atoms with van der Waals surface area (Å²) in [5.74, 6) is -0.905. The van der Waals surface area contributed by atoms with E-state index in [0.717, 1.165) is 0 Å². The van der Waals surface area contributed by atoms with E-state index >= 15 is 0 Å². The van der Waals surface area contributed by atoms with Crippen LogP contribution in [0.15, 0.2) is 18.5 Å². The van der Waals surface area contributed by atoms with Crippen LogP contribution in [0.3, 0.4) is 0 Å². The van der Waals surface area contributed by atoms with Gasteiger partial charge in [-0.25, -0.2) is 4.79 Å². The number of pyridine rings is 1. The highest BCUT2D eigenvalue weighted by atomic mass is 16.5. The van der Waals surface area contributed by atoms with Gasteiger partial charge in [-0.15, -0.1) is 0 Å². The minimum atomic E-state index is -1.08. The van der Waals surface area contributed by atoms with E-state index in [-0.39, 0.29) is 17.9 Å². The fraction of sp³-hybridized carbons (Fsp3) is 0.455. The standard InChI is InChI=1S/C11H15NO4/c1-3-11(2,15)7-16-9-6-12-5-4-8(9)10(13)14/h4-6,15H,3,7H2,1-2H3,(H,13,14). The summed E-state index contributed by atoms with van der Waals surface area (Å²) in [5, 5.41) is 18.6. The van der Waals surface area contributed by atoms with Crippen molar-refractivity contribution in [2.24, 2.45) is 0 Å². The first-order chi connectivity index (χ1) is 7.46. The second kappa shape index (κ2) is 4.94. The van der Waals surface area contributed by atoms with E-state index in [2.05, 4.69) is 4.98 Å². The molecule has 0 bridgehead atoms. The molecule has 1 heterocycles. The molecular weight excluding hydrogens is 210 g/mol. The number of rotatable bonds is 5. The molecule has 0 aromatic carbocycles. The average Bonchev–Trinajstić information content (AvgIpc) is 2.27. The van der Waals surface area contributed by atoms with Crippen molar-refractivity contribution >= 4 is 5.97 Å². The molecule has 0 fully saturated rings. The van der Waals surface area contributed by atoms with Crippen LogP contribution in [0.1, 0.15) is 30.6 Å². The molecule has 1 rings (SSSR count). The first-order valence-corrected chi connectivity index (χ1v) is 4.99. The van der Waals surface area contributed by atoms with Crippen molar-refractivity contribution in [3.05, 3.63) is 24.0 Å². The number of aromatic nitrogens is 1. The molecule has 1 aromatic heterocycles. The Bertz CT molecular complexity index is 376. The second-order valence-electron chi connectivity index (χ2n) is 3.82. The fourth-order valence-electron chi connectivity index (χ4n) is 1.01. The molecule has 5 nitrogen and oxygen atoms in total. The second-order valence-corrected chi connectivity index (χ2v) is 3.82. The summed E-state index contributed by atoms with van der Waals surface area (Å²) in [6, 6.07) is 1.36. The monoisotopic (exact) mass is 225 g/mol. The van der Waals surface area contributed by atoms with Crippen LogP contribution in [-0.4, -0.2) is 33.4 Å². The van der Waals surface area contributed by atoms with Gasteiger partial charge in [0.15, 0.2) is 5.75 Å². The van der Waals surface area contributed by atoms with E-state index in [1.165, 1.54) is 18.5 Å². The Morgan fingerprint density at radius 1 is 1.62 bits per heavy atom. The smallest absolute Gasteiger partial charge is 0.339 e. The van der Waals surface area contributed by atoms with Crippen LogP contribution in [0.25, 0.3) is 0 Å². The minimum Gasteiger partial charge on any atom is -0.488 e. The van der Waals surface area contributed by atoms with Crippen molar-refractivity contribution < 1.29 is 19.7 Å².